The smallest absolute Gasteiger partial charge is 0.122 e. The fraction of sp³-hybridized carbons (Fsp3) is 0. The predicted molar refractivity (Wildman–Crippen MR) is 75.2 cm³/mol. The lowest BCUT2D eigenvalue weighted by molar-refractivity contribution is 0.473. The third-order valence-electron chi connectivity index (χ3n) is 2.42. The van der Waals surface area contributed by atoms with E-state index in [1.54, 1.807) is 36.4 Å². The van der Waals surface area contributed by atoms with E-state index in [0.717, 1.165) is 0 Å². The number of phenols is 2. The van der Waals surface area contributed by atoms with Crippen LogP contribution < -0.4 is 0 Å². The first kappa shape index (κ1) is 12.8. The van der Waals surface area contributed by atoms with Crippen molar-refractivity contribution in [3.05, 3.63) is 57.6 Å². The molecular weight excluding hydrogens is 271 g/mol. The van der Waals surface area contributed by atoms with Gasteiger partial charge >= 0.3 is 0 Å². The quantitative estimate of drug-likeness (QED) is 0.791. The Morgan fingerprint density at radius 1 is 0.722 bits per heavy atom. The fourth-order valence-electron chi connectivity index (χ4n) is 1.50. The van der Waals surface area contributed by atoms with Gasteiger partial charge in [0.25, 0.3) is 0 Å². The molecule has 2 aromatic rings. The van der Waals surface area contributed by atoms with Crippen molar-refractivity contribution in [1.29, 1.82) is 0 Å². The average Bonchev–Trinajstić information content (AvgIpc) is 2.34. The van der Waals surface area contributed by atoms with Crippen molar-refractivity contribution in [2.75, 3.05) is 0 Å². The van der Waals surface area contributed by atoms with Crippen LogP contribution in [0.5, 0.6) is 11.5 Å². The maximum Gasteiger partial charge on any atom is 0.122 e. The van der Waals surface area contributed by atoms with Gasteiger partial charge in [0.15, 0.2) is 0 Å². The Hall–Kier alpha value is -1.64. The maximum atomic E-state index is 9.64. The molecule has 2 aromatic carbocycles. The van der Waals surface area contributed by atoms with E-state index in [-0.39, 0.29) is 11.5 Å². The van der Waals surface area contributed by atoms with Crippen LogP contribution in [0.4, 0.5) is 0 Å². The van der Waals surface area contributed by atoms with Gasteiger partial charge < -0.3 is 10.2 Å². The fourth-order valence-corrected chi connectivity index (χ4v) is 1.86. The van der Waals surface area contributed by atoms with Gasteiger partial charge in [-0.25, -0.2) is 0 Å². The van der Waals surface area contributed by atoms with Crippen LogP contribution in [-0.4, -0.2) is 10.2 Å². The summed E-state index contributed by atoms with van der Waals surface area (Å²) in [5.74, 6) is 0.245. The third kappa shape index (κ3) is 2.97. The average molecular weight is 281 g/mol. The van der Waals surface area contributed by atoms with E-state index >= 15 is 0 Å². The zero-order valence-electron chi connectivity index (χ0n) is 9.27. The molecule has 0 radical (unpaired) electrons. The molecule has 4 heteroatoms. The van der Waals surface area contributed by atoms with E-state index < -0.39 is 0 Å². The van der Waals surface area contributed by atoms with Crippen LogP contribution in [0.1, 0.15) is 11.1 Å². The lowest BCUT2D eigenvalue weighted by Crippen LogP contribution is -1.77. The summed E-state index contributed by atoms with van der Waals surface area (Å²) < 4.78 is 0. The van der Waals surface area contributed by atoms with Gasteiger partial charge in [-0.2, -0.15) is 0 Å². The van der Waals surface area contributed by atoms with E-state index in [9.17, 15) is 10.2 Å². The number of benzene rings is 2. The summed E-state index contributed by atoms with van der Waals surface area (Å²) in [4.78, 5) is 0. The van der Waals surface area contributed by atoms with Gasteiger partial charge in [-0.05, 0) is 36.4 Å². The van der Waals surface area contributed by atoms with Gasteiger partial charge in [0, 0.05) is 21.2 Å². The molecule has 0 aliphatic carbocycles. The van der Waals surface area contributed by atoms with Gasteiger partial charge in [0.05, 0.1) is 0 Å². The summed E-state index contributed by atoms with van der Waals surface area (Å²) in [6, 6.07) is 9.50. The van der Waals surface area contributed by atoms with Crippen LogP contribution in [0.15, 0.2) is 36.4 Å². The van der Waals surface area contributed by atoms with E-state index in [1.165, 1.54) is 12.1 Å². The first-order valence-electron chi connectivity index (χ1n) is 5.21. The highest BCUT2D eigenvalue weighted by Crippen LogP contribution is 2.26. The Bertz CT molecular complexity index is 553. The zero-order valence-corrected chi connectivity index (χ0v) is 10.8. The molecule has 0 heterocycles. The highest BCUT2D eigenvalue weighted by Gasteiger charge is 2.01. The van der Waals surface area contributed by atoms with Gasteiger partial charge in [0.2, 0.25) is 0 Å². The largest absolute Gasteiger partial charge is 0.507 e. The molecule has 18 heavy (non-hydrogen) atoms. The first-order valence-corrected chi connectivity index (χ1v) is 5.97. The molecular formula is C14H10Cl2O2. The van der Waals surface area contributed by atoms with E-state index in [4.69, 9.17) is 23.2 Å². The molecule has 2 N–H and O–H groups in total. The Labute approximate surface area is 115 Å². The van der Waals surface area contributed by atoms with E-state index in [2.05, 4.69) is 0 Å². The summed E-state index contributed by atoms with van der Waals surface area (Å²) in [6.45, 7) is 0. The molecule has 0 atom stereocenters. The number of aromatic hydroxyl groups is 2. The summed E-state index contributed by atoms with van der Waals surface area (Å²) >= 11 is 11.7. The number of rotatable bonds is 2. The molecule has 0 saturated carbocycles. The normalized spacial score (nSPS) is 11.0. The molecule has 0 aromatic heterocycles. The topological polar surface area (TPSA) is 40.5 Å². The molecule has 0 saturated heterocycles. The lowest BCUT2D eigenvalue weighted by Gasteiger charge is -2.01. The van der Waals surface area contributed by atoms with E-state index in [0.29, 0.717) is 21.2 Å². The van der Waals surface area contributed by atoms with Crippen molar-refractivity contribution in [2.45, 2.75) is 0 Å². The third-order valence-corrected chi connectivity index (χ3v) is 2.89. The van der Waals surface area contributed by atoms with Crippen LogP contribution in [-0.2, 0) is 0 Å². The second-order valence-electron chi connectivity index (χ2n) is 3.74. The van der Waals surface area contributed by atoms with E-state index in [1.807, 2.05) is 0 Å². The van der Waals surface area contributed by atoms with Crippen LogP contribution in [0.2, 0.25) is 10.0 Å². The summed E-state index contributed by atoms with van der Waals surface area (Å²) in [6.07, 6.45) is 3.32. The minimum absolute atomic E-state index is 0.122. The highest BCUT2D eigenvalue weighted by atomic mass is 35.5. The van der Waals surface area contributed by atoms with Crippen LogP contribution in [0.25, 0.3) is 12.2 Å². The predicted octanol–water partition coefficient (Wildman–Crippen LogP) is 4.58. The molecule has 0 aliphatic rings. The second kappa shape index (κ2) is 5.34. The lowest BCUT2D eigenvalue weighted by atomic mass is 10.1. The minimum atomic E-state index is 0.122. The van der Waals surface area contributed by atoms with Crippen molar-refractivity contribution in [1.82, 2.24) is 0 Å². The van der Waals surface area contributed by atoms with Crippen LogP contribution in [0.3, 0.4) is 0 Å². The molecule has 0 spiro atoms. The number of hydrogen-bond acceptors (Lipinski definition) is 2. The number of hydrogen-bond donors (Lipinski definition) is 2. The Balaban J connectivity index is 2.35. The molecule has 2 rings (SSSR count). The SMILES string of the molecule is Oc1ccc(Cl)cc1/C=C/c1cc(Cl)ccc1O. The second-order valence-corrected chi connectivity index (χ2v) is 4.61. The van der Waals surface area contributed by atoms with Gasteiger partial charge in [-0.15, -0.1) is 0 Å². The summed E-state index contributed by atoms with van der Waals surface area (Å²) in [5, 5.41) is 20.3. The molecule has 0 bridgehead atoms. The van der Waals surface area contributed by atoms with Gasteiger partial charge in [-0.3, -0.25) is 0 Å². The van der Waals surface area contributed by atoms with Gasteiger partial charge in [-0.1, -0.05) is 35.4 Å². The van der Waals surface area contributed by atoms with Crippen molar-refractivity contribution >= 4 is 35.4 Å². The van der Waals surface area contributed by atoms with Crippen molar-refractivity contribution in [3.8, 4) is 11.5 Å². The number of halogens is 2. The standard InChI is InChI=1S/C14H10Cl2O2/c15-11-3-5-13(17)9(7-11)1-2-10-8-12(16)4-6-14(10)18/h1-8,17-18H/b2-1+. The summed E-state index contributed by atoms with van der Waals surface area (Å²) in [5.41, 5.74) is 1.14. The summed E-state index contributed by atoms with van der Waals surface area (Å²) in [7, 11) is 0. The monoisotopic (exact) mass is 280 g/mol. The molecule has 0 amide bonds. The van der Waals surface area contributed by atoms with Crippen LogP contribution in [0, 0.1) is 0 Å². The Morgan fingerprint density at radius 2 is 1.11 bits per heavy atom. The molecule has 0 aliphatic heterocycles. The molecule has 2 nitrogen and oxygen atoms in total. The highest BCUT2D eigenvalue weighted by molar-refractivity contribution is 6.31. The van der Waals surface area contributed by atoms with Crippen LogP contribution >= 0.6 is 23.2 Å². The van der Waals surface area contributed by atoms with Gasteiger partial charge in [0.1, 0.15) is 11.5 Å². The Kier molecular flexibility index (Phi) is 3.80. The molecule has 92 valence electrons. The number of phenolic OH excluding ortho intramolecular Hbond substituents is 2. The van der Waals surface area contributed by atoms with Crippen molar-refractivity contribution in [2.24, 2.45) is 0 Å². The molecule has 0 fully saturated rings. The van der Waals surface area contributed by atoms with Crippen molar-refractivity contribution in [3.63, 3.8) is 0 Å². The first-order chi connectivity index (χ1) is 8.56. The maximum absolute atomic E-state index is 9.64. The Morgan fingerprint density at radius 3 is 1.50 bits per heavy atom. The zero-order chi connectivity index (χ0) is 13.1. The van der Waals surface area contributed by atoms with Crippen molar-refractivity contribution < 1.29 is 10.2 Å². The molecule has 0 unspecified atom stereocenters. The minimum Gasteiger partial charge on any atom is -0.507 e.